The van der Waals surface area contributed by atoms with Crippen LogP contribution >= 0.6 is 35.3 Å². The normalized spacial score (nSPS) is 12.8. The standard InChI is InChI=1S/C16H28N4O5S2.HI/c1-6-25-15(21)13-11(2)19-14(26-13)12(3)20-16(17-4)18-7-8-24-9-10-27(5,22)23;/h12H,6-10H2,1-5H3,(H2,17,18,20);1H. The Labute approximate surface area is 187 Å². The van der Waals surface area contributed by atoms with Crippen LogP contribution in [0.1, 0.15) is 40.3 Å². The lowest BCUT2D eigenvalue weighted by Gasteiger charge is -2.16. The van der Waals surface area contributed by atoms with Gasteiger partial charge in [0.2, 0.25) is 0 Å². The Balaban J connectivity index is 0.00000729. The predicted molar refractivity (Wildman–Crippen MR) is 122 cm³/mol. The SMILES string of the molecule is CCOC(=O)c1sc(C(C)NC(=NC)NCCOCCS(C)(=O)=O)nc1C.I. The zero-order chi connectivity index (χ0) is 20.4. The third-order valence-corrected chi connectivity index (χ3v) is 5.59. The molecule has 0 aliphatic carbocycles. The van der Waals surface area contributed by atoms with Crippen molar-refractivity contribution >= 4 is 57.1 Å². The number of hydrogen-bond acceptors (Lipinski definition) is 8. The van der Waals surface area contributed by atoms with Crippen molar-refractivity contribution in [1.82, 2.24) is 15.6 Å². The highest BCUT2D eigenvalue weighted by Crippen LogP contribution is 2.24. The quantitative estimate of drug-likeness (QED) is 0.149. The molecule has 0 aliphatic rings. The molecule has 0 fully saturated rings. The van der Waals surface area contributed by atoms with Gasteiger partial charge in [0, 0.05) is 19.8 Å². The van der Waals surface area contributed by atoms with Gasteiger partial charge < -0.3 is 20.1 Å². The number of ether oxygens (including phenoxy) is 2. The number of nitrogens with zero attached hydrogens (tertiary/aromatic N) is 2. The van der Waals surface area contributed by atoms with Crippen LogP contribution in [0.25, 0.3) is 0 Å². The van der Waals surface area contributed by atoms with E-state index in [0.717, 1.165) is 5.01 Å². The van der Waals surface area contributed by atoms with Crippen molar-refractivity contribution in [1.29, 1.82) is 0 Å². The van der Waals surface area contributed by atoms with Crippen molar-refractivity contribution in [3.63, 3.8) is 0 Å². The first-order chi connectivity index (χ1) is 12.7. The highest BCUT2D eigenvalue weighted by molar-refractivity contribution is 14.0. The minimum Gasteiger partial charge on any atom is -0.462 e. The smallest absolute Gasteiger partial charge is 0.350 e. The van der Waals surface area contributed by atoms with E-state index in [1.54, 1.807) is 20.9 Å². The third kappa shape index (κ3) is 9.98. The molecular formula is C16H29IN4O5S2. The number of aliphatic imine (C=N–C) groups is 1. The molecule has 0 radical (unpaired) electrons. The molecule has 1 heterocycles. The van der Waals surface area contributed by atoms with Gasteiger partial charge in [0.05, 0.1) is 37.3 Å². The number of sulfone groups is 1. The molecule has 0 saturated carbocycles. The number of guanidine groups is 1. The summed E-state index contributed by atoms with van der Waals surface area (Å²) in [5.74, 6) is 0.197. The Morgan fingerprint density at radius 1 is 1.36 bits per heavy atom. The van der Waals surface area contributed by atoms with Crippen LogP contribution in [0.15, 0.2) is 4.99 Å². The summed E-state index contributed by atoms with van der Waals surface area (Å²) in [6.45, 7) is 6.78. The molecular weight excluding hydrogens is 519 g/mol. The number of hydrogen-bond donors (Lipinski definition) is 2. The Bertz CT molecular complexity index is 752. The van der Waals surface area contributed by atoms with E-state index in [0.29, 0.717) is 36.3 Å². The fraction of sp³-hybridized carbons (Fsp3) is 0.688. The number of aryl methyl sites for hydroxylation is 1. The number of esters is 1. The molecule has 0 spiro atoms. The summed E-state index contributed by atoms with van der Waals surface area (Å²) in [6, 6.07) is -0.158. The van der Waals surface area contributed by atoms with Gasteiger partial charge in [0.1, 0.15) is 19.7 Å². The molecule has 0 amide bonds. The van der Waals surface area contributed by atoms with Crippen LogP contribution in [-0.4, -0.2) is 70.8 Å². The van der Waals surface area contributed by atoms with Crippen LogP contribution in [0.5, 0.6) is 0 Å². The number of carbonyl (C=O) groups excluding carboxylic acids is 1. The van der Waals surface area contributed by atoms with Gasteiger partial charge in [-0.1, -0.05) is 0 Å². The van der Waals surface area contributed by atoms with E-state index in [2.05, 4.69) is 20.6 Å². The van der Waals surface area contributed by atoms with E-state index >= 15 is 0 Å². The minimum absolute atomic E-state index is 0. The van der Waals surface area contributed by atoms with Crippen LogP contribution in [0.4, 0.5) is 0 Å². The van der Waals surface area contributed by atoms with Crippen molar-refractivity contribution in [3.8, 4) is 0 Å². The number of carbonyl (C=O) groups is 1. The van der Waals surface area contributed by atoms with E-state index in [4.69, 9.17) is 9.47 Å². The molecule has 28 heavy (non-hydrogen) atoms. The van der Waals surface area contributed by atoms with Crippen molar-refractivity contribution in [2.45, 2.75) is 26.8 Å². The molecule has 1 aromatic heterocycles. The Hall–Kier alpha value is -0.990. The lowest BCUT2D eigenvalue weighted by Crippen LogP contribution is -2.40. The minimum atomic E-state index is -3.01. The van der Waals surface area contributed by atoms with Crippen LogP contribution in [0, 0.1) is 6.92 Å². The second-order valence-electron chi connectivity index (χ2n) is 5.79. The average Bonchev–Trinajstić information content (AvgIpc) is 2.98. The summed E-state index contributed by atoms with van der Waals surface area (Å²) in [5.41, 5.74) is 0.643. The van der Waals surface area contributed by atoms with Crippen LogP contribution in [-0.2, 0) is 19.3 Å². The summed E-state index contributed by atoms with van der Waals surface area (Å²) in [4.78, 5) is 21.0. The van der Waals surface area contributed by atoms with E-state index in [1.807, 2.05) is 6.92 Å². The molecule has 1 unspecified atom stereocenters. The molecule has 0 aliphatic heterocycles. The van der Waals surface area contributed by atoms with Gasteiger partial charge in [-0.2, -0.15) is 0 Å². The fourth-order valence-electron chi connectivity index (χ4n) is 2.00. The van der Waals surface area contributed by atoms with Gasteiger partial charge in [-0.15, -0.1) is 35.3 Å². The second kappa shape index (κ2) is 13.3. The molecule has 1 rings (SSSR count). The van der Waals surface area contributed by atoms with Gasteiger partial charge in [-0.25, -0.2) is 18.2 Å². The summed E-state index contributed by atoms with van der Waals surface area (Å²) in [6.07, 6.45) is 1.18. The molecule has 9 nitrogen and oxygen atoms in total. The highest BCUT2D eigenvalue weighted by atomic mass is 127. The summed E-state index contributed by atoms with van der Waals surface area (Å²) >= 11 is 1.29. The highest BCUT2D eigenvalue weighted by Gasteiger charge is 2.20. The zero-order valence-electron chi connectivity index (χ0n) is 16.8. The molecule has 0 aromatic carbocycles. The van der Waals surface area contributed by atoms with Crippen molar-refractivity contribution in [2.75, 3.05) is 45.4 Å². The number of thiazole rings is 1. The molecule has 2 N–H and O–H groups in total. The molecule has 12 heteroatoms. The maximum atomic E-state index is 11.9. The molecule has 1 atom stereocenters. The van der Waals surface area contributed by atoms with E-state index < -0.39 is 9.84 Å². The topological polar surface area (TPSA) is 119 Å². The lowest BCUT2D eigenvalue weighted by molar-refractivity contribution is 0.0531. The van der Waals surface area contributed by atoms with E-state index in [1.165, 1.54) is 17.6 Å². The lowest BCUT2D eigenvalue weighted by atomic mass is 10.3. The van der Waals surface area contributed by atoms with Gasteiger partial charge in [-0.05, 0) is 20.8 Å². The summed E-state index contributed by atoms with van der Waals surface area (Å²) < 4.78 is 32.4. The summed E-state index contributed by atoms with van der Waals surface area (Å²) in [7, 11) is -1.37. The fourth-order valence-corrected chi connectivity index (χ4v) is 3.39. The number of halogens is 1. The first kappa shape index (κ1) is 27.0. The Morgan fingerprint density at radius 2 is 2.04 bits per heavy atom. The monoisotopic (exact) mass is 548 g/mol. The van der Waals surface area contributed by atoms with E-state index in [-0.39, 0.29) is 48.3 Å². The van der Waals surface area contributed by atoms with Gasteiger partial charge >= 0.3 is 5.97 Å². The van der Waals surface area contributed by atoms with Crippen LogP contribution < -0.4 is 10.6 Å². The Kier molecular flexibility index (Phi) is 12.8. The van der Waals surface area contributed by atoms with Crippen molar-refractivity contribution < 1.29 is 22.7 Å². The van der Waals surface area contributed by atoms with Crippen LogP contribution in [0.2, 0.25) is 0 Å². The van der Waals surface area contributed by atoms with Gasteiger partial charge in [0.25, 0.3) is 0 Å². The van der Waals surface area contributed by atoms with Gasteiger partial charge in [0.15, 0.2) is 5.96 Å². The van der Waals surface area contributed by atoms with Crippen molar-refractivity contribution in [3.05, 3.63) is 15.6 Å². The molecule has 0 bridgehead atoms. The number of nitrogens with one attached hydrogen (secondary N) is 2. The second-order valence-corrected chi connectivity index (χ2v) is 9.08. The molecule has 0 saturated heterocycles. The molecule has 162 valence electrons. The predicted octanol–water partition coefficient (Wildman–Crippen LogP) is 1.53. The average molecular weight is 548 g/mol. The maximum absolute atomic E-state index is 11.9. The van der Waals surface area contributed by atoms with Gasteiger partial charge in [-0.3, -0.25) is 4.99 Å². The van der Waals surface area contributed by atoms with Crippen LogP contribution in [0.3, 0.4) is 0 Å². The van der Waals surface area contributed by atoms with E-state index in [9.17, 15) is 13.2 Å². The largest absolute Gasteiger partial charge is 0.462 e. The number of rotatable bonds is 10. The first-order valence-corrected chi connectivity index (χ1v) is 11.4. The molecule has 1 aromatic rings. The zero-order valence-corrected chi connectivity index (χ0v) is 20.7. The third-order valence-electron chi connectivity index (χ3n) is 3.36. The maximum Gasteiger partial charge on any atom is 0.350 e. The Morgan fingerprint density at radius 3 is 2.61 bits per heavy atom. The van der Waals surface area contributed by atoms with Crippen molar-refractivity contribution in [2.24, 2.45) is 4.99 Å². The number of aromatic nitrogens is 1. The summed E-state index contributed by atoms with van der Waals surface area (Å²) in [5, 5.41) is 7.03. The first-order valence-electron chi connectivity index (χ1n) is 8.55.